The van der Waals surface area contributed by atoms with Gasteiger partial charge >= 0.3 is 5.97 Å². The van der Waals surface area contributed by atoms with Crippen molar-refractivity contribution in [2.75, 3.05) is 0 Å². The zero-order valence-corrected chi connectivity index (χ0v) is 15.8. The molecule has 0 fully saturated rings. The lowest BCUT2D eigenvalue weighted by molar-refractivity contribution is 0.0734. The summed E-state index contributed by atoms with van der Waals surface area (Å²) in [5, 5.41) is 0. The summed E-state index contributed by atoms with van der Waals surface area (Å²) in [6, 6.07) is 13.5. The molecular weight excluding hydrogens is 412 g/mol. The van der Waals surface area contributed by atoms with Crippen LogP contribution in [0, 0.1) is 6.92 Å². The number of esters is 1. The molecule has 4 rings (SSSR count). The van der Waals surface area contributed by atoms with E-state index in [1.54, 1.807) is 55.5 Å². The minimum atomic E-state index is -0.488. The first-order valence-corrected chi connectivity index (χ1v) is 8.91. The number of hydrogen-bond donors (Lipinski definition) is 0. The Kier molecular flexibility index (Phi) is 4.41. The molecule has 0 radical (unpaired) electrons. The highest BCUT2D eigenvalue weighted by Gasteiger charge is 2.30. The zero-order valence-electron chi connectivity index (χ0n) is 14.2. The van der Waals surface area contributed by atoms with Crippen molar-refractivity contribution >= 4 is 33.8 Å². The highest BCUT2D eigenvalue weighted by molar-refractivity contribution is 9.10. The van der Waals surface area contributed by atoms with Crippen LogP contribution in [0.25, 0.3) is 6.08 Å². The van der Waals surface area contributed by atoms with Crippen LogP contribution in [0.2, 0.25) is 0 Å². The van der Waals surface area contributed by atoms with Crippen LogP contribution in [0.4, 0.5) is 0 Å². The summed E-state index contributed by atoms with van der Waals surface area (Å²) in [4.78, 5) is 24.9. The Labute approximate surface area is 163 Å². The molecule has 0 spiro atoms. The molecule has 0 N–H and O–H groups in total. The molecule has 0 atom stereocenters. The minimum Gasteiger partial charge on any atom is -0.465 e. The van der Waals surface area contributed by atoms with Crippen LogP contribution >= 0.6 is 15.9 Å². The van der Waals surface area contributed by atoms with Gasteiger partial charge in [-0.2, -0.15) is 0 Å². The fraction of sp³-hybridized carbons (Fsp3) is 0.0476. The normalized spacial score (nSPS) is 14.1. The Morgan fingerprint density at radius 3 is 2.63 bits per heavy atom. The van der Waals surface area contributed by atoms with E-state index in [2.05, 4.69) is 15.9 Å². The number of furan rings is 1. The molecule has 0 aliphatic carbocycles. The van der Waals surface area contributed by atoms with E-state index < -0.39 is 5.97 Å². The number of ether oxygens (including phenoxy) is 2. The molecule has 27 heavy (non-hydrogen) atoms. The highest BCUT2D eigenvalue weighted by Crippen LogP contribution is 2.37. The molecule has 134 valence electrons. The summed E-state index contributed by atoms with van der Waals surface area (Å²) in [6.07, 6.45) is 3.05. The van der Waals surface area contributed by atoms with Gasteiger partial charge < -0.3 is 13.9 Å². The van der Waals surface area contributed by atoms with E-state index in [9.17, 15) is 9.59 Å². The van der Waals surface area contributed by atoms with Crippen molar-refractivity contribution in [3.8, 4) is 11.5 Å². The van der Waals surface area contributed by atoms with Crippen LogP contribution in [0.5, 0.6) is 11.5 Å². The first-order valence-electron chi connectivity index (χ1n) is 8.11. The third-order valence-electron chi connectivity index (χ3n) is 4.05. The maximum Gasteiger partial charge on any atom is 0.343 e. The minimum absolute atomic E-state index is 0.166. The smallest absolute Gasteiger partial charge is 0.343 e. The van der Waals surface area contributed by atoms with Crippen molar-refractivity contribution in [3.05, 3.63) is 87.5 Å². The van der Waals surface area contributed by atoms with Crippen LogP contribution in [0.3, 0.4) is 0 Å². The lowest BCUT2D eigenvalue weighted by Gasteiger charge is -2.08. The van der Waals surface area contributed by atoms with E-state index in [0.717, 1.165) is 4.47 Å². The summed E-state index contributed by atoms with van der Waals surface area (Å²) < 4.78 is 17.2. The molecule has 3 aromatic rings. The predicted molar refractivity (Wildman–Crippen MR) is 102 cm³/mol. The number of aryl methyl sites for hydroxylation is 1. The van der Waals surface area contributed by atoms with Crippen LogP contribution in [-0.4, -0.2) is 11.8 Å². The molecule has 6 heteroatoms. The second-order valence-corrected chi connectivity index (χ2v) is 6.88. The van der Waals surface area contributed by atoms with Gasteiger partial charge in [-0.15, -0.1) is 0 Å². The van der Waals surface area contributed by atoms with E-state index in [1.807, 2.05) is 0 Å². The summed E-state index contributed by atoms with van der Waals surface area (Å²) in [5.74, 6) is 0.634. The number of carbonyl (C=O) groups is 2. The van der Waals surface area contributed by atoms with E-state index in [-0.39, 0.29) is 11.5 Å². The Morgan fingerprint density at radius 1 is 1.15 bits per heavy atom. The largest absolute Gasteiger partial charge is 0.465 e. The van der Waals surface area contributed by atoms with Crippen LogP contribution in [-0.2, 0) is 0 Å². The molecule has 1 aromatic heterocycles. The van der Waals surface area contributed by atoms with Crippen molar-refractivity contribution in [2.45, 2.75) is 6.92 Å². The number of halogens is 1. The van der Waals surface area contributed by atoms with Gasteiger partial charge in [0.2, 0.25) is 5.78 Å². The number of rotatable bonds is 3. The van der Waals surface area contributed by atoms with Crippen molar-refractivity contribution < 1.29 is 23.5 Å². The number of fused-ring (bicyclic) bond motifs is 1. The van der Waals surface area contributed by atoms with Gasteiger partial charge in [0.25, 0.3) is 0 Å². The van der Waals surface area contributed by atoms with Crippen molar-refractivity contribution in [2.24, 2.45) is 0 Å². The van der Waals surface area contributed by atoms with E-state index in [1.165, 1.54) is 12.3 Å². The summed E-state index contributed by atoms with van der Waals surface area (Å²) in [5.41, 5.74) is 1.54. The number of allylic oxidation sites excluding steroid dienone is 1. The summed E-state index contributed by atoms with van der Waals surface area (Å²) >= 11 is 3.32. The van der Waals surface area contributed by atoms with Gasteiger partial charge in [-0.1, -0.05) is 15.9 Å². The third kappa shape index (κ3) is 3.44. The van der Waals surface area contributed by atoms with Gasteiger partial charge in [0.05, 0.1) is 17.4 Å². The first kappa shape index (κ1) is 17.3. The molecule has 0 saturated carbocycles. The van der Waals surface area contributed by atoms with E-state index >= 15 is 0 Å². The number of benzene rings is 2. The predicted octanol–water partition coefficient (Wildman–Crippen LogP) is 5.19. The highest BCUT2D eigenvalue weighted by atomic mass is 79.9. The summed E-state index contributed by atoms with van der Waals surface area (Å²) in [6.45, 7) is 1.77. The Morgan fingerprint density at radius 2 is 1.93 bits per heavy atom. The van der Waals surface area contributed by atoms with Gasteiger partial charge in [0, 0.05) is 16.6 Å². The maximum absolute atomic E-state index is 12.6. The Balaban J connectivity index is 1.60. The molecule has 0 amide bonds. The van der Waals surface area contributed by atoms with Crippen molar-refractivity contribution in [1.82, 2.24) is 0 Å². The Bertz CT molecular complexity index is 1060. The van der Waals surface area contributed by atoms with E-state index in [0.29, 0.717) is 33.9 Å². The fourth-order valence-corrected chi connectivity index (χ4v) is 3.06. The second kappa shape index (κ2) is 6.89. The van der Waals surface area contributed by atoms with Crippen LogP contribution < -0.4 is 9.47 Å². The quantitative estimate of drug-likeness (QED) is 0.329. The standard InChI is InChI=1S/C21H13BrO5/c1-12-9-16(26-21(24)13-4-6-14(22)7-5-13)11-17-19(12)20(23)18(27-17)10-15-3-2-8-25-15/h2-11H,1H3/b18-10-. The monoisotopic (exact) mass is 424 g/mol. The molecule has 5 nitrogen and oxygen atoms in total. The summed E-state index contributed by atoms with van der Waals surface area (Å²) in [7, 11) is 0. The SMILES string of the molecule is Cc1cc(OC(=O)c2ccc(Br)cc2)cc2c1C(=O)/C(=C/c1ccco1)O2. The van der Waals surface area contributed by atoms with Gasteiger partial charge in [-0.05, 0) is 55.0 Å². The van der Waals surface area contributed by atoms with Crippen molar-refractivity contribution in [1.29, 1.82) is 0 Å². The molecule has 2 aromatic carbocycles. The third-order valence-corrected chi connectivity index (χ3v) is 4.58. The number of ketones is 1. The van der Waals surface area contributed by atoms with Crippen LogP contribution in [0.1, 0.15) is 32.0 Å². The van der Waals surface area contributed by atoms with E-state index in [4.69, 9.17) is 13.9 Å². The molecule has 1 aliphatic rings. The zero-order chi connectivity index (χ0) is 19.0. The number of hydrogen-bond acceptors (Lipinski definition) is 5. The maximum atomic E-state index is 12.6. The van der Waals surface area contributed by atoms with Crippen LogP contribution in [0.15, 0.2) is 69.4 Å². The molecule has 0 bridgehead atoms. The van der Waals surface area contributed by atoms with Gasteiger partial charge in [-0.3, -0.25) is 4.79 Å². The molecule has 2 heterocycles. The average molecular weight is 425 g/mol. The van der Waals surface area contributed by atoms with Crippen molar-refractivity contribution in [3.63, 3.8) is 0 Å². The molecule has 1 aliphatic heterocycles. The van der Waals surface area contributed by atoms with Gasteiger partial charge in [0.1, 0.15) is 17.3 Å². The number of Topliss-reactive ketones (excluding diaryl/α,β-unsaturated/α-hetero) is 1. The average Bonchev–Trinajstić information content (AvgIpc) is 3.24. The molecular formula is C21H13BrO5. The second-order valence-electron chi connectivity index (χ2n) is 5.96. The molecule has 0 saturated heterocycles. The lowest BCUT2D eigenvalue weighted by Crippen LogP contribution is -2.08. The fourth-order valence-electron chi connectivity index (χ4n) is 2.79. The topological polar surface area (TPSA) is 65.7 Å². The lowest BCUT2D eigenvalue weighted by atomic mass is 10.0. The molecule has 0 unspecified atom stereocenters. The van der Waals surface area contributed by atoms with Gasteiger partial charge in [-0.25, -0.2) is 4.79 Å². The Hall–Kier alpha value is -3.12. The first-order chi connectivity index (χ1) is 13.0. The number of carbonyl (C=O) groups excluding carboxylic acids is 2. The van der Waals surface area contributed by atoms with Gasteiger partial charge in [0.15, 0.2) is 5.76 Å².